The molecule has 2 heterocycles. The summed E-state index contributed by atoms with van der Waals surface area (Å²) in [4.78, 5) is 88.9. The summed E-state index contributed by atoms with van der Waals surface area (Å²) in [6.07, 6.45) is -5.36. The molecule has 0 aromatic carbocycles. The largest absolute Gasteiger partial charge is 0.478 e. The van der Waals surface area contributed by atoms with Crippen LogP contribution in [0.25, 0.3) is 0 Å². The average Bonchev–Trinajstić information content (AvgIpc) is 3.64. The highest BCUT2D eigenvalue weighted by Crippen LogP contribution is 2.74. The number of ether oxygens (including phenoxy) is 10. The van der Waals surface area contributed by atoms with Crippen molar-refractivity contribution in [1.29, 1.82) is 0 Å². The first kappa shape index (κ1) is 62.0. The van der Waals surface area contributed by atoms with Crippen LogP contribution in [0.5, 0.6) is 0 Å². The maximum absolute atomic E-state index is 13.0. The topological polar surface area (TPSA) is 252 Å². The molecule has 0 aromatic rings. The van der Waals surface area contributed by atoms with Gasteiger partial charge in [0.15, 0.2) is 30.9 Å². The third kappa shape index (κ3) is 13.3. The second-order valence-corrected chi connectivity index (χ2v) is 22.7. The number of aliphatic hydroxyl groups is 1. The number of halogens is 5. The number of hydrogen-bond donors (Lipinski definition) is 2. The molecule has 5 fully saturated rings. The first-order chi connectivity index (χ1) is 35.9. The van der Waals surface area contributed by atoms with Crippen LogP contribution in [-0.4, -0.2) is 156 Å². The lowest BCUT2D eigenvalue weighted by molar-refractivity contribution is -0.339. The molecule has 0 spiro atoms. The minimum Gasteiger partial charge on any atom is -0.478 e. The Morgan fingerprint density at radius 3 is 1.92 bits per heavy atom. The highest BCUT2D eigenvalue weighted by molar-refractivity contribution is 6.27. The predicted molar refractivity (Wildman–Crippen MR) is 273 cm³/mol. The molecule has 2 aliphatic heterocycles. The smallest absolute Gasteiger partial charge is 0.331 e. The van der Waals surface area contributed by atoms with Gasteiger partial charge in [-0.05, 0) is 123 Å². The Morgan fingerprint density at radius 1 is 0.724 bits per heavy atom. The minimum absolute atomic E-state index is 0.0492. The Kier molecular flexibility index (Phi) is 21.5. The second kappa shape index (κ2) is 26.4. The normalized spacial score (nSPS) is 38.2. The van der Waals surface area contributed by atoms with Crippen LogP contribution in [0.15, 0.2) is 34.9 Å². The van der Waals surface area contributed by atoms with Crippen LogP contribution in [0.4, 0.5) is 0 Å². The Balaban J connectivity index is 1.26. The molecule has 0 radical (unpaired) electrons. The second-order valence-electron chi connectivity index (χ2n) is 21.4. The van der Waals surface area contributed by atoms with Crippen LogP contribution >= 0.6 is 58.0 Å². The molecular formula is C52H69Cl5O19. The van der Waals surface area contributed by atoms with E-state index in [-0.39, 0.29) is 35.7 Å². The van der Waals surface area contributed by atoms with E-state index in [2.05, 4.69) is 27.7 Å². The zero-order valence-corrected chi connectivity index (χ0v) is 47.3. The van der Waals surface area contributed by atoms with Crippen molar-refractivity contribution >= 4 is 99.8 Å². The van der Waals surface area contributed by atoms with Gasteiger partial charge in [-0.3, -0.25) is 28.8 Å². The fourth-order valence-corrected chi connectivity index (χ4v) is 13.9. The molecule has 76 heavy (non-hydrogen) atoms. The van der Waals surface area contributed by atoms with Crippen LogP contribution in [0.2, 0.25) is 0 Å². The summed E-state index contributed by atoms with van der Waals surface area (Å²) in [5, 5.41) is 23.2. The van der Waals surface area contributed by atoms with Gasteiger partial charge < -0.3 is 57.6 Å². The molecular weight excluding hydrogens is 1110 g/mol. The van der Waals surface area contributed by atoms with Gasteiger partial charge in [0.1, 0.15) is 54.3 Å². The number of carboxylic acids is 1. The molecule has 1 saturated heterocycles. The number of rotatable bonds is 20. The number of allylic oxidation sites excluding steroid dienone is 2. The summed E-state index contributed by atoms with van der Waals surface area (Å²) in [6.45, 7) is 13.3. The number of aliphatic carboxylic acids is 1. The van der Waals surface area contributed by atoms with Gasteiger partial charge in [-0.15, -0.1) is 58.0 Å². The first-order valence-corrected chi connectivity index (χ1v) is 28.1. The van der Waals surface area contributed by atoms with Crippen LogP contribution in [-0.2, 0) is 80.9 Å². The molecule has 24 heteroatoms. The Hall–Kier alpha value is -3.24. The van der Waals surface area contributed by atoms with Crippen molar-refractivity contribution in [2.75, 3.05) is 36.0 Å². The van der Waals surface area contributed by atoms with E-state index in [1.54, 1.807) is 0 Å². The van der Waals surface area contributed by atoms with Crippen LogP contribution in [0.1, 0.15) is 99.8 Å². The fraction of sp³-hybridized carbons (Fsp3) is 0.750. The van der Waals surface area contributed by atoms with E-state index in [4.69, 9.17) is 105 Å². The van der Waals surface area contributed by atoms with E-state index >= 15 is 0 Å². The van der Waals surface area contributed by atoms with Gasteiger partial charge in [-0.2, -0.15) is 0 Å². The zero-order valence-electron chi connectivity index (χ0n) is 43.5. The van der Waals surface area contributed by atoms with Gasteiger partial charge in [-0.1, -0.05) is 39.3 Å². The monoisotopic (exact) mass is 1170 g/mol. The number of carbonyl (C=O) groups is 7. The van der Waals surface area contributed by atoms with Gasteiger partial charge in [0.05, 0.1) is 12.2 Å². The molecule has 0 amide bonds. The first-order valence-electron chi connectivity index (χ1n) is 25.4. The average molecular weight is 1180 g/mol. The van der Waals surface area contributed by atoms with Crippen molar-refractivity contribution in [2.24, 2.45) is 39.9 Å². The van der Waals surface area contributed by atoms with Crippen molar-refractivity contribution in [3.8, 4) is 0 Å². The van der Waals surface area contributed by atoms with Crippen molar-refractivity contribution in [1.82, 2.24) is 0 Å². The van der Waals surface area contributed by atoms with Crippen molar-refractivity contribution in [3.05, 3.63) is 34.9 Å². The van der Waals surface area contributed by atoms with Gasteiger partial charge in [-0.25, -0.2) is 4.79 Å². The Labute approximate surface area is 467 Å². The summed E-state index contributed by atoms with van der Waals surface area (Å²) in [5.41, 5.74) is 0.507. The number of alkyl halides is 5. The molecule has 4 saturated carbocycles. The van der Waals surface area contributed by atoms with E-state index in [1.165, 1.54) is 19.1 Å². The molecule has 2 N–H and O–H groups in total. The van der Waals surface area contributed by atoms with Gasteiger partial charge in [0, 0.05) is 12.5 Å². The Bertz CT molecular complexity index is 2260. The quantitative estimate of drug-likeness (QED) is 0.0407. The number of carbonyl (C=O) groups excluding carboxylic acids is 6. The van der Waals surface area contributed by atoms with Crippen molar-refractivity contribution in [2.45, 2.75) is 168 Å². The van der Waals surface area contributed by atoms with Gasteiger partial charge >= 0.3 is 41.8 Å². The highest BCUT2D eigenvalue weighted by atomic mass is 35.5. The molecule has 0 bridgehead atoms. The van der Waals surface area contributed by atoms with E-state index in [1.807, 2.05) is 19.9 Å². The van der Waals surface area contributed by atoms with Gasteiger partial charge in [0.25, 0.3) is 0 Å². The standard InChI is InChI=1S/C52H69Cl5O19/c1-25(2)9-8-10-28(47(65)66)42-30-17-31(59)46-50(5)15-14-32(26(3)29(50)13-16-51(46,6)52(30,7)18-34(42)68-27(4)58)69-41-12-11-33(48(76-41)75-40(64)23-57)70-49-45(74-39(63)22-56)44(73-38(62)21-55)43(72-37(61)20-54)35(71-49)24-67-36(60)19-53/h9,11-12,26,29-35,41,43-46,48-49,59H,8,10,13-24H2,1-7H3,(H,65,66)/b42-28-/t26-,29?,30-,31+,32+,33-,34-,35+,41-,43+,44-,45+,46?,48-,49+,50-,51-,52-/m0/s1. The SMILES string of the molecule is CC(=O)O[C@H]1C[C@@]2(C)[C@@H](C[C@@H](O)C3[C@@]4(C)CC[C@@H](O[C@@H]5C=C[C@H](O[C@@H]6O[C@H](COC(=O)CCl)[C@@H](OC(=O)CCl)[C@H](OC(=O)CCl)[C@H]6OC(=O)CCl)[C@@H](OC(=O)CCl)O5)[C@@H](C)C4CC[C@@]32C)/C1=C(\CCC=C(C)C)C(=O)O. The van der Waals surface area contributed by atoms with Crippen molar-refractivity contribution in [3.63, 3.8) is 0 Å². The molecule has 6 rings (SSSR count). The van der Waals surface area contributed by atoms with Gasteiger partial charge in [0.2, 0.25) is 6.29 Å². The van der Waals surface area contributed by atoms with E-state index in [0.29, 0.717) is 44.1 Å². The lowest BCUT2D eigenvalue weighted by Gasteiger charge is -2.69. The molecule has 2 unspecified atom stereocenters. The molecule has 18 atom stereocenters. The highest BCUT2D eigenvalue weighted by Gasteiger charge is 2.71. The number of esters is 6. The van der Waals surface area contributed by atoms with E-state index < -0.39 is 162 Å². The van der Waals surface area contributed by atoms with Crippen LogP contribution in [0, 0.1) is 39.9 Å². The Morgan fingerprint density at radius 2 is 1.33 bits per heavy atom. The number of aliphatic hydroxyl groups excluding tert-OH is 1. The summed E-state index contributed by atoms with van der Waals surface area (Å²) in [6, 6.07) is 0. The maximum atomic E-state index is 13.0. The molecule has 19 nitrogen and oxygen atoms in total. The summed E-state index contributed by atoms with van der Waals surface area (Å²) in [5.74, 6) is -10.3. The molecule has 4 aliphatic carbocycles. The fourth-order valence-electron chi connectivity index (χ4n) is 13.6. The molecule has 0 aromatic heterocycles. The van der Waals surface area contributed by atoms with Crippen molar-refractivity contribution < 1.29 is 91.1 Å². The minimum atomic E-state index is -1.79. The van der Waals surface area contributed by atoms with E-state index in [0.717, 1.165) is 12.0 Å². The van der Waals surface area contributed by atoms with Crippen LogP contribution in [0.3, 0.4) is 0 Å². The zero-order chi connectivity index (χ0) is 56.0. The number of hydrogen-bond acceptors (Lipinski definition) is 18. The predicted octanol–water partition coefficient (Wildman–Crippen LogP) is 7.05. The maximum Gasteiger partial charge on any atom is 0.331 e. The number of fused-ring (bicyclic) bond motifs is 5. The summed E-state index contributed by atoms with van der Waals surface area (Å²) in [7, 11) is 0. The van der Waals surface area contributed by atoms with E-state index in [9.17, 15) is 43.8 Å². The lowest BCUT2D eigenvalue weighted by Crippen LogP contribution is -2.65. The summed E-state index contributed by atoms with van der Waals surface area (Å²) < 4.78 is 58.8. The molecule has 426 valence electrons. The third-order valence-electron chi connectivity index (χ3n) is 16.7. The molecule has 6 aliphatic rings. The lowest BCUT2D eigenvalue weighted by atomic mass is 9.36. The third-order valence-corrected chi connectivity index (χ3v) is 17.8. The van der Waals surface area contributed by atoms with Crippen LogP contribution < -0.4 is 0 Å². The summed E-state index contributed by atoms with van der Waals surface area (Å²) >= 11 is 28.9. The number of carboxylic acid groups (broad SMARTS) is 1.